The SMILES string of the molecule is CC(=O)NCC(=O)N[C@@H](C)c1cnn(-c2cccc3ccccc23)c1C. The topological polar surface area (TPSA) is 76.0 Å². The molecule has 3 aromatic rings. The van der Waals surface area contributed by atoms with Gasteiger partial charge in [0.1, 0.15) is 0 Å². The average molecular weight is 350 g/mol. The van der Waals surface area contributed by atoms with Crippen molar-refractivity contribution < 1.29 is 9.59 Å². The number of carbonyl (C=O) groups excluding carboxylic acids is 2. The van der Waals surface area contributed by atoms with E-state index >= 15 is 0 Å². The monoisotopic (exact) mass is 350 g/mol. The number of nitrogens with zero attached hydrogens (tertiary/aromatic N) is 2. The van der Waals surface area contributed by atoms with Gasteiger partial charge in [-0.2, -0.15) is 5.10 Å². The first-order valence-electron chi connectivity index (χ1n) is 8.54. The Labute approximate surface area is 152 Å². The second-order valence-corrected chi connectivity index (χ2v) is 6.29. The lowest BCUT2D eigenvalue weighted by Crippen LogP contribution is -2.37. The summed E-state index contributed by atoms with van der Waals surface area (Å²) in [5.74, 6) is -0.460. The summed E-state index contributed by atoms with van der Waals surface area (Å²) in [6.07, 6.45) is 1.78. The summed E-state index contributed by atoms with van der Waals surface area (Å²) in [4.78, 5) is 22.9. The van der Waals surface area contributed by atoms with Gasteiger partial charge in [0.15, 0.2) is 0 Å². The third kappa shape index (κ3) is 3.59. The zero-order chi connectivity index (χ0) is 18.7. The zero-order valence-corrected chi connectivity index (χ0v) is 15.1. The Bertz CT molecular complexity index is 956. The molecule has 3 rings (SSSR count). The second-order valence-electron chi connectivity index (χ2n) is 6.29. The first-order valence-corrected chi connectivity index (χ1v) is 8.54. The Morgan fingerprint density at radius 2 is 1.88 bits per heavy atom. The third-order valence-electron chi connectivity index (χ3n) is 4.38. The van der Waals surface area contributed by atoms with Crippen molar-refractivity contribution in [2.45, 2.75) is 26.8 Å². The summed E-state index contributed by atoms with van der Waals surface area (Å²) in [6, 6.07) is 14.1. The van der Waals surface area contributed by atoms with Gasteiger partial charge >= 0.3 is 0 Å². The van der Waals surface area contributed by atoms with Crippen LogP contribution >= 0.6 is 0 Å². The van der Waals surface area contributed by atoms with Crippen LogP contribution in [0.3, 0.4) is 0 Å². The van der Waals surface area contributed by atoms with Gasteiger partial charge in [0.25, 0.3) is 0 Å². The molecule has 2 aromatic carbocycles. The number of nitrogens with one attached hydrogen (secondary N) is 2. The third-order valence-corrected chi connectivity index (χ3v) is 4.38. The Hall–Kier alpha value is -3.15. The molecule has 0 bridgehead atoms. The van der Waals surface area contributed by atoms with Crippen LogP contribution in [0.25, 0.3) is 16.5 Å². The molecule has 0 aliphatic rings. The van der Waals surface area contributed by atoms with E-state index < -0.39 is 0 Å². The van der Waals surface area contributed by atoms with Gasteiger partial charge in [-0.05, 0) is 25.3 Å². The van der Waals surface area contributed by atoms with Crippen LogP contribution in [0.4, 0.5) is 0 Å². The van der Waals surface area contributed by atoms with E-state index in [9.17, 15) is 9.59 Å². The van der Waals surface area contributed by atoms with Crippen molar-refractivity contribution in [1.29, 1.82) is 0 Å². The molecular weight excluding hydrogens is 328 g/mol. The maximum absolute atomic E-state index is 11.9. The van der Waals surface area contributed by atoms with E-state index in [0.717, 1.165) is 27.7 Å². The summed E-state index contributed by atoms with van der Waals surface area (Å²) < 4.78 is 1.90. The van der Waals surface area contributed by atoms with Crippen LogP contribution in [0.5, 0.6) is 0 Å². The second kappa shape index (κ2) is 7.39. The summed E-state index contributed by atoms with van der Waals surface area (Å²) >= 11 is 0. The molecule has 134 valence electrons. The van der Waals surface area contributed by atoms with E-state index in [-0.39, 0.29) is 24.4 Å². The van der Waals surface area contributed by atoms with E-state index in [1.165, 1.54) is 6.92 Å². The lowest BCUT2D eigenvalue weighted by molar-refractivity contribution is -0.125. The molecule has 1 heterocycles. The maximum atomic E-state index is 11.9. The van der Waals surface area contributed by atoms with Gasteiger partial charge in [0, 0.05) is 23.6 Å². The van der Waals surface area contributed by atoms with Crippen LogP contribution in [0.15, 0.2) is 48.7 Å². The van der Waals surface area contributed by atoms with Crippen LogP contribution in [-0.4, -0.2) is 28.1 Å². The van der Waals surface area contributed by atoms with E-state index in [2.05, 4.69) is 33.9 Å². The molecule has 0 saturated carbocycles. The highest BCUT2D eigenvalue weighted by atomic mass is 16.2. The smallest absolute Gasteiger partial charge is 0.239 e. The number of amides is 2. The molecule has 2 amide bonds. The first-order chi connectivity index (χ1) is 12.5. The Morgan fingerprint density at radius 3 is 2.65 bits per heavy atom. The van der Waals surface area contributed by atoms with Gasteiger partial charge in [0.2, 0.25) is 11.8 Å². The van der Waals surface area contributed by atoms with Crippen LogP contribution in [0, 0.1) is 6.92 Å². The van der Waals surface area contributed by atoms with Gasteiger partial charge in [-0.1, -0.05) is 36.4 Å². The quantitative estimate of drug-likeness (QED) is 0.743. The molecule has 1 atom stereocenters. The Morgan fingerprint density at radius 1 is 1.15 bits per heavy atom. The van der Waals surface area contributed by atoms with Crippen LogP contribution < -0.4 is 10.6 Å². The van der Waals surface area contributed by atoms with Crippen molar-refractivity contribution in [3.8, 4) is 5.69 Å². The number of hydrogen-bond acceptors (Lipinski definition) is 3. The van der Waals surface area contributed by atoms with Gasteiger partial charge in [-0.15, -0.1) is 0 Å². The molecule has 0 spiro atoms. The van der Waals surface area contributed by atoms with E-state index in [1.54, 1.807) is 6.20 Å². The molecule has 0 saturated heterocycles. The summed E-state index contributed by atoms with van der Waals surface area (Å²) in [6.45, 7) is 5.24. The van der Waals surface area contributed by atoms with Gasteiger partial charge in [0.05, 0.1) is 24.5 Å². The fraction of sp³-hybridized carbons (Fsp3) is 0.250. The highest BCUT2D eigenvalue weighted by molar-refractivity contribution is 5.90. The molecule has 2 N–H and O–H groups in total. The molecule has 0 aliphatic carbocycles. The molecule has 6 heteroatoms. The van der Waals surface area contributed by atoms with Gasteiger partial charge in [-0.3, -0.25) is 9.59 Å². The minimum Gasteiger partial charge on any atom is -0.348 e. The van der Waals surface area contributed by atoms with Crippen molar-refractivity contribution in [2.24, 2.45) is 0 Å². The standard InChI is InChI=1S/C20H22N4O2/c1-13(23-20(26)12-21-15(3)25)18-11-22-24(14(18)2)19-10-6-8-16-7-4-5-9-17(16)19/h4-11,13H,12H2,1-3H3,(H,21,25)(H,23,26)/t13-/m0/s1. The first kappa shape index (κ1) is 17.7. The van der Waals surface area contributed by atoms with E-state index in [1.807, 2.05) is 42.8 Å². The number of hydrogen-bond donors (Lipinski definition) is 2. The molecule has 1 aromatic heterocycles. The molecule has 6 nitrogen and oxygen atoms in total. The number of rotatable bonds is 5. The molecule has 0 aliphatic heterocycles. The molecule has 0 radical (unpaired) electrons. The van der Waals surface area contributed by atoms with Crippen molar-refractivity contribution in [3.63, 3.8) is 0 Å². The molecular formula is C20H22N4O2. The van der Waals surface area contributed by atoms with Gasteiger partial charge in [-0.25, -0.2) is 4.68 Å². The number of aromatic nitrogens is 2. The minimum atomic E-state index is -0.231. The predicted octanol–water partition coefficient (Wildman–Crippen LogP) is 2.65. The predicted molar refractivity (Wildman–Crippen MR) is 101 cm³/mol. The Balaban J connectivity index is 1.86. The normalized spacial score (nSPS) is 12.0. The Kier molecular flexibility index (Phi) is 5.02. The molecule has 0 unspecified atom stereocenters. The van der Waals surface area contributed by atoms with Crippen molar-refractivity contribution in [1.82, 2.24) is 20.4 Å². The highest BCUT2D eigenvalue weighted by Crippen LogP contribution is 2.25. The summed E-state index contributed by atoms with van der Waals surface area (Å²) in [5, 5.41) is 12.2. The van der Waals surface area contributed by atoms with Crippen LogP contribution in [0.1, 0.15) is 31.1 Å². The lowest BCUT2D eigenvalue weighted by atomic mass is 10.1. The van der Waals surface area contributed by atoms with Gasteiger partial charge < -0.3 is 10.6 Å². The van der Waals surface area contributed by atoms with E-state index in [0.29, 0.717) is 0 Å². The summed E-state index contributed by atoms with van der Waals surface area (Å²) in [7, 11) is 0. The van der Waals surface area contributed by atoms with Crippen molar-refractivity contribution in [3.05, 3.63) is 59.9 Å². The average Bonchev–Trinajstić information content (AvgIpc) is 3.01. The molecule has 26 heavy (non-hydrogen) atoms. The van der Waals surface area contributed by atoms with Crippen LogP contribution in [-0.2, 0) is 9.59 Å². The number of benzene rings is 2. The van der Waals surface area contributed by atoms with Crippen LogP contribution in [0.2, 0.25) is 0 Å². The molecule has 0 fully saturated rings. The summed E-state index contributed by atoms with van der Waals surface area (Å²) in [5.41, 5.74) is 2.91. The fourth-order valence-corrected chi connectivity index (χ4v) is 3.06. The number of fused-ring (bicyclic) bond motifs is 1. The minimum absolute atomic E-state index is 0.0316. The van der Waals surface area contributed by atoms with Crippen molar-refractivity contribution in [2.75, 3.05) is 6.54 Å². The van der Waals surface area contributed by atoms with Crippen molar-refractivity contribution >= 4 is 22.6 Å². The lowest BCUT2D eigenvalue weighted by Gasteiger charge is -2.15. The van der Waals surface area contributed by atoms with E-state index in [4.69, 9.17) is 0 Å². The fourth-order valence-electron chi connectivity index (χ4n) is 3.06. The zero-order valence-electron chi connectivity index (χ0n) is 15.1. The number of carbonyl (C=O) groups is 2. The highest BCUT2D eigenvalue weighted by Gasteiger charge is 2.17. The maximum Gasteiger partial charge on any atom is 0.239 e. The largest absolute Gasteiger partial charge is 0.348 e.